The molecule has 208 valence electrons. The lowest BCUT2D eigenvalue weighted by molar-refractivity contribution is -0.120. The van der Waals surface area contributed by atoms with Crippen molar-refractivity contribution < 1.29 is 14.3 Å². The number of benzene rings is 3. The van der Waals surface area contributed by atoms with Gasteiger partial charge in [0.2, 0.25) is 5.91 Å². The minimum absolute atomic E-state index is 0.157. The molecule has 0 atom stereocenters. The van der Waals surface area contributed by atoms with Crippen LogP contribution in [0.3, 0.4) is 0 Å². The second kappa shape index (κ2) is 13.7. The number of amides is 1. The van der Waals surface area contributed by atoms with E-state index in [4.69, 9.17) is 51.1 Å². The highest BCUT2D eigenvalue weighted by Gasteiger charge is 2.32. The maximum absolute atomic E-state index is 13.5. The summed E-state index contributed by atoms with van der Waals surface area (Å²) in [4.78, 5) is 29.0. The molecule has 0 heterocycles. The number of ether oxygens (including phenoxy) is 1. The molecule has 0 unspecified atom stereocenters. The van der Waals surface area contributed by atoms with E-state index in [1.54, 1.807) is 60.7 Å². The summed E-state index contributed by atoms with van der Waals surface area (Å²) in [6.45, 7) is 1.36. The van der Waals surface area contributed by atoms with Crippen molar-refractivity contribution in [3.63, 3.8) is 0 Å². The van der Waals surface area contributed by atoms with Gasteiger partial charge < -0.3 is 15.0 Å². The van der Waals surface area contributed by atoms with Crippen molar-refractivity contribution in [3.05, 3.63) is 103 Å². The molecule has 40 heavy (non-hydrogen) atoms. The van der Waals surface area contributed by atoms with Gasteiger partial charge in [-0.15, -0.1) is 0 Å². The average molecular weight is 618 g/mol. The molecule has 0 saturated heterocycles. The molecule has 5 nitrogen and oxygen atoms in total. The zero-order chi connectivity index (χ0) is 28.8. The summed E-state index contributed by atoms with van der Waals surface area (Å²) in [7, 11) is 3.96. The Balaban J connectivity index is 1.59. The first-order valence-electron chi connectivity index (χ1n) is 12.6. The number of nitrogens with zero attached hydrogens (tertiary/aromatic N) is 1. The monoisotopic (exact) mass is 616 g/mol. The van der Waals surface area contributed by atoms with Gasteiger partial charge in [0.15, 0.2) is 5.78 Å². The van der Waals surface area contributed by atoms with E-state index in [0.717, 1.165) is 12.3 Å². The molecule has 1 amide bonds. The Morgan fingerprint density at radius 2 is 1.32 bits per heavy atom. The fourth-order valence-corrected chi connectivity index (χ4v) is 5.46. The zero-order valence-corrected chi connectivity index (χ0v) is 25.0. The van der Waals surface area contributed by atoms with Gasteiger partial charge in [0, 0.05) is 49.4 Å². The average Bonchev–Trinajstić information content (AvgIpc) is 2.86. The molecule has 0 radical (unpaired) electrons. The minimum Gasteiger partial charge on any atom is -0.492 e. The van der Waals surface area contributed by atoms with Crippen LogP contribution in [-0.4, -0.2) is 43.8 Å². The van der Waals surface area contributed by atoms with E-state index in [0.29, 0.717) is 54.7 Å². The number of rotatable bonds is 8. The smallest absolute Gasteiger partial charge is 0.228 e. The summed E-state index contributed by atoms with van der Waals surface area (Å²) in [6.07, 6.45) is 3.98. The van der Waals surface area contributed by atoms with Crippen LogP contribution < -0.4 is 10.1 Å². The van der Waals surface area contributed by atoms with Gasteiger partial charge in [-0.3, -0.25) is 9.59 Å². The van der Waals surface area contributed by atoms with Crippen molar-refractivity contribution in [3.8, 4) is 5.75 Å². The van der Waals surface area contributed by atoms with Crippen LogP contribution in [0.1, 0.15) is 24.0 Å². The van der Waals surface area contributed by atoms with Crippen LogP contribution >= 0.6 is 46.4 Å². The third-order valence-corrected chi connectivity index (χ3v) is 7.14. The Kier molecular flexibility index (Phi) is 10.3. The lowest BCUT2D eigenvalue weighted by Gasteiger charge is -2.25. The summed E-state index contributed by atoms with van der Waals surface area (Å²) >= 11 is 24.7. The van der Waals surface area contributed by atoms with Gasteiger partial charge in [-0.2, -0.15) is 0 Å². The number of carbonyl (C=O) groups is 2. The van der Waals surface area contributed by atoms with Crippen molar-refractivity contribution >= 4 is 75.9 Å². The lowest BCUT2D eigenvalue weighted by atomic mass is 9.79. The van der Waals surface area contributed by atoms with Crippen molar-refractivity contribution in [1.29, 1.82) is 0 Å². The molecule has 1 aliphatic rings. The third-order valence-electron chi connectivity index (χ3n) is 6.27. The molecular formula is C31H28Cl4N2O3. The molecule has 1 saturated carbocycles. The Bertz CT molecular complexity index is 1350. The molecule has 0 aromatic heterocycles. The first-order valence-corrected chi connectivity index (χ1v) is 14.1. The molecule has 4 rings (SSSR count). The molecule has 9 heteroatoms. The second-order valence-electron chi connectivity index (χ2n) is 9.84. The number of hydrogen-bond donors (Lipinski definition) is 1. The van der Waals surface area contributed by atoms with Crippen molar-refractivity contribution in [1.82, 2.24) is 4.90 Å². The summed E-state index contributed by atoms with van der Waals surface area (Å²) in [6, 6.07) is 17.4. The maximum Gasteiger partial charge on any atom is 0.228 e. The van der Waals surface area contributed by atoms with Gasteiger partial charge in [-0.05, 0) is 111 Å². The highest BCUT2D eigenvalue weighted by molar-refractivity contribution is 6.35. The molecule has 0 spiro atoms. The van der Waals surface area contributed by atoms with Crippen LogP contribution in [0.5, 0.6) is 5.75 Å². The second-order valence-corrected chi connectivity index (χ2v) is 11.6. The largest absolute Gasteiger partial charge is 0.492 e. The van der Waals surface area contributed by atoms with Gasteiger partial charge in [0.1, 0.15) is 12.4 Å². The van der Waals surface area contributed by atoms with Crippen molar-refractivity contribution in [2.24, 2.45) is 5.92 Å². The Hall–Kier alpha value is -2.80. The van der Waals surface area contributed by atoms with E-state index >= 15 is 0 Å². The molecular weight excluding hydrogens is 590 g/mol. The standard InChI is InChI=1S/C31H28Cl4N2O3/c1-37(2)7-8-40-29-5-3-28(4-6-29)36-31(39)23-15-21(9-19-11-24(32)17-25(33)12-19)30(38)22(16-23)10-20-13-26(34)18-27(35)14-20/h3-6,9-14,17-18,23H,7-8,15-16H2,1-2H3,(H,36,39)/b21-9+,22-10+. The Labute approximate surface area is 254 Å². The molecule has 3 aromatic carbocycles. The van der Waals surface area contributed by atoms with Gasteiger partial charge in [-0.1, -0.05) is 46.4 Å². The number of Topliss-reactive ketones (excluding diaryl/α,β-unsaturated/α-hetero) is 1. The van der Waals surface area contributed by atoms with Gasteiger partial charge in [-0.25, -0.2) is 0 Å². The number of carbonyl (C=O) groups excluding carboxylic acids is 2. The highest BCUT2D eigenvalue weighted by atomic mass is 35.5. The van der Waals surface area contributed by atoms with Gasteiger partial charge in [0.25, 0.3) is 0 Å². The molecule has 1 N–H and O–H groups in total. The van der Waals surface area contributed by atoms with Crippen molar-refractivity contribution in [2.75, 3.05) is 32.6 Å². The summed E-state index contributed by atoms with van der Waals surface area (Å²) < 4.78 is 5.74. The van der Waals surface area contributed by atoms with E-state index in [-0.39, 0.29) is 24.5 Å². The van der Waals surface area contributed by atoms with E-state index in [2.05, 4.69) is 5.32 Å². The van der Waals surface area contributed by atoms with Gasteiger partial charge in [0.05, 0.1) is 0 Å². The van der Waals surface area contributed by atoms with Crippen LogP contribution in [0.25, 0.3) is 12.2 Å². The summed E-state index contributed by atoms with van der Waals surface area (Å²) in [5, 5.41) is 4.80. The first-order chi connectivity index (χ1) is 19.0. The number of hydrogen-bond acceptors (Lipinski definition) is 4. The molecule has 1 fully saturated rings. The third kappa shape index (κ3) is 8.60. The number of nitrogens with one attached hydrogen (secondary N) is 1. The molecule has 0 bridgehead atoms. The van der Waals surface area contributed by atoms with Crippen LogP contribution in [0.4, 0.5) is 5.69 Å². The normalized spacial score (nSPS) is 17.5. The molecule has 1 aliphatic carbocycles. The van der Waals surface area contributed by atoms with Gasteiger partial charge >= 0.3 is 0 Å². The number of likely N-dealkylation sites (N-methyl/N-ethyl adjacent to an activating group) is 1. The molecule has 0 aliphatic heterocycles. The fraction of sp³-hybridized carbons (Fsp3) is 0.226. The van der Waals surface area contributed by atoms with E-state index < -0.39 is 5.92 Å². The van der Waals surface area contributed by atoms with Crippen molar-refractivity contribution in [2.45, 2.75) is 12.8 Å². The molecule has 3 aromatic rings. The topological polar surface area (TPSA) is 58.6 Å². The lowest BCUT2D eigenvalue weighted by Crippen LogP contribution is -2.30. The summed E-state index contributed by atoms with van der Waals surface area (Å²) in [5.74, 6) is -0.122. The van der Waals surface area contributed by atoms with Crippen LogP contribution in [0.15, 0.2) is 71.8 Å². The fourth-order valence-electron chi connectivity index (χ4n) is 4.37. The quantitative estimate of drug-likeness (QED) is 0.258. The Morgan fingerprint density at radius 1 is 0.850 bits per heavy atom. The SMILES string of the molecule is CN(C)CCOc1ccc(NC(=O)C2C/C(=C\c3cc(Cl)cc(Cl)c3)C(=O)/C(=C/c3cc(Cl)cc(Cl)c3)C2)cc1. The highest BCUT2D eigenvalue weighted by Crippen LogP contribution is 2.35. The van der Waals surface area contributed by atoms with E-state index in [1.807, 2.05) is 31.1 Å². The number of ketones is 1. The Morgan fingerprint density at radius 3 is 1.77 bits per heavy atom. The number of halogens is 4. The van der Waals surface area contributed by atoms with E-state index in [9.17, 15) is 9.59 Å². The number of allylic oxidation sites excluding steroid dienone is 2. The van der Waals surface area contributed by atoms with E-state index in [1.165, 1.54) is 0 Å². The van der Waals surface area contributed by atoms with Crippen LogP contribution in [0.2, 0.25) is 20.1 Å². The first kappa shape index (κ1) is 30.2. The predicted octanol–water partition coefficient (Wildman–Crippen LogP) is 8.33. The van der Waals surface area contributed by atoms with Crippen LogP contribution in [-0.2, 0) is 9.59 Å². The summed E-state index contributed by atoms with van der Waals surface area (Å²) in [5.41, 5.74) is 2.96. The minimum atomic E-state index is -0.490. The predicted molar refractivity (Wildman–Crippen MR) is 166 cm³/mol. The van der Waals surface area contributed by atoms with Crippen LogP contribution in [0, 0.1) is 5.92 Å². The zero-order valence-electron chi connectivity index (χ0n) is 22.0. The maximum atomic E-state index is 13.5. The number of anilines is 1.